The lowest BCUT2D eigenvalue weighted by Crippen LogP contribution is -2.34. The smallest absolute Gasteiger partial charge is 0.150 e. The minimum absolute atomic E-state index is 0.219. The van der Waals surface area contributed by atoms with Crippen molar-refractivity contribution in [3.05, 3.63) is 0 Å². The van der Waals surface area contributed by atoms with Crippen LogP contribution in [0.15, 0.2) is 0 Å². The number of hydrogen-bond donors (Lipinski definition) is 1. The first kappa shape index (κ1) is 13.7. The number of carbonyl (C=O) groups is 1. The summed E-state index contributed by atoms with van der Waals surface area (Å²) in [6, 6.07) is -0.219. The first-order valence-electron chi connectivity index (χ1n) is 6.52. The van der Waals surface area contributed by atoms with Crippen molar-refractivity contribution in [1.82, 2.24) is 4.90 Å². The second-order valence-corrected chi connectivity index (χ2v) is 5.37. The summed E-state index contributed by atoms with van der Waals surface area (Å²) in [4.78, 5) is 13.8. The monoisotopic (exact) mass is 226 g/mol. The van der Waals surface area contributed by atoms with Gasteiger partial charge >= 0.3 is 0 Å². The molecule has 0 aromatic heterocycles. The van der Waals surface area contributed by atoms with Gasteiger partial charge in [0.2, 0.25) is 0 Å². The summed E-state index contributed by atoms with van der Waals surface area (Å²) < 4.78 is 0. The van der Waals surface area contributed by atoms with Crippen molar-refractivity contribution in [3.63, 3.8) is 0 Å². The molecule has 3 heteroatoms. The molecule has 1 aliphatic carbocycles. The maximum absolute atomic E-state index is 11.8. The van der Waals surface area contributed by atoms with Crippen LogP contribution in [0.2, 0.25) is 0 Å². The van der Waals surface area contributed by atoms with Crippen LogP contribution in [0, 0.1) is 5.92 Å². The zero-order valence-corrected chi connectivity index (χ0v) is 10.7. The maximum Gasteiger partial charge on any atom is 0.150 e. The van der Waals surface area contributed by atoms with Crippen LogP contribution in [0.4, 0.5) is 0 Å². The van der Waals surface area contributed by atoms with E-state index >= 15 is 0 Å². The van der Waals surface area contributed by atoms with Crippen LogP contribution < -0.4 is 5.73 Å². The van der Waals surface area contributed by atoms with E-state index in [-0.39, 0.29) is 11.8 Å². The third-order valence-electron chi connectivity index (χ3n) is 3.53. The summed E-state index contributed by atoms with van der Waals surface area (Å²) in [5, 5.41) is 0. The number of nitrogens with two attached hydrogens (primary N) is 1. The Bertz CT molecular complexity index is 210. The number of rotatable bonds is 6. The number of Topliss-reactive ketones (excluding diaryl/α,β-unsaturated/α-hetero) is 1. The lowest BCUT2D eigenvalue weighted by Gasteiger charge is -2.24. The first-order valence-corrected chi connectivity index (χ1v) is 6.52. The molecule has 0 bridgehead atoms. The van der Waals surface area contributed by atoms with Crippen LogP contribution >= 0.6 is 0 Å². The van der Waals surface area contributed by atoms with Crippen LogP contribution in [0.25, 0.3) is 0 Å². The molecule has 1 unspecified atom stereocenters. The quantitative estimate of drug-likeness (QED) is 0.751. The molecule has 1 atom stereocenters. The average molecular weight is 226 g/mol. The molecule has 3 nitrogen and oxygen atoms in total. The van der Waals surface area contributed by atoms with E-state index in [0.29, 0.717) is 12.3 Å². The molecule has 16 heavy (non-hydrogen) atoms. The summed E-state index contributed by atoms with van der Waals surface area (Å²) in [5.41, 5.74) is 5.97. The fourth-order valence-corrected chi connectivity index (χ4v) is 2.43. The predicted molar refractivity (Wildman–Crippen MR) is 67.3 cm³/mol. The van der Waals surface area contributed by atoms with Gasteiger partial charge in [0.15, 0.2) is 5.78 Å². The van der Waals surface area contributed by atoms with Gasteiger partial charge in [-0.1, -0.05) is 32.1 Å². The van der Waals surface area contributed by atoms with Crippen molar-refractivity contribution in [2.45, 2.75) is 51.0 Å². The SMILES string of the molecule is CN(C)CCC(=O)C(N)CC1CCCCC1. The summed E-state index contributed by atoms with van der Waals surface area (Å²) in [5.74, 6) is 0.936. The summed E-state index contributed by atoms with van der Waals surface area (Å²) in [6.45, 7) is 0.817. The zero-order chi connectivity index (χ0) is 12.0. The third kappa shape index (κ3) is 5.08. The molecule has 0 aromatic rings. The van der Waals surface area contributed by atoms with E-state index in [1.807, 2.05) is 19.0 Å². The molecule has 0 aromatic carbocycles. The van der Waals surface area contributed by atoms with Gasteiger partial charge in [-0.2, -0.15) is 0 Å². The van der Waals surface area contributed by atoms with Crippen molar-refractivity contribution < 1.29 is 4.79 Å². The van der Waals surface area contributed by atoms with Gasteiger partial charge in [-0.05, 0) is 26.4 Å². The minimum Gasteiger partial charge on any atom is -0.321 e. The maximum atomic E-state index is 11.8. The molecule has 0 heterocycles. The normalized spacial score (nSPS) is 20.0. The van der Waals surface area contributed by atoms with E-state index in [0.717, 1.165) is 13.0 Å². The van der Waals surface area contributed by atoms with Gasteiger partial charge < -0.3 is 10.6 Å². The van der Waals surface area contributed by atoms with Gasteiger partial charge in [-0.15, -0.1) is 0 Å². The number of ketones is 1. The second kappa shape index (κ2) is 7.02. The fourth-order valence-electron chi connectivity index (χ4n) is 2.43. The van der Waals surface area contributed by atoms with Gasteiger partial charge in [0.1, 0.15) is 0 Å². The van der Waals surface area contributed by atoms with Crippen molar-refractivity contribution >= 4 is 5.78 Å². The molecular weight excluding hydrogens is 200 g/mol. The Hall–Kier alpha value is -0.410. The predicted octanol–water partition coefficient (Wildman–Crippen LogP) is 1.80. The Morgan fingerprint density at radius 3 is 2.50 bits per heavy atom. The summed E-state index contributed by atoms with van der Waals surface area (Å²) in [7, 11) is 3.97. The molecule has 0 radical (unpaired) electrons. The number of hydrogen-bond acceptors (Lipinski definition) is 3. The fraction of sp³-hybridized carbons (Fsp3) is 0.923. The molecule has 94 valence electrons. The highest BCUT2D eigenvalue weighted by Gasteiger charge is 2.20. The van der Waals surface area contributed by atoms with E-state index < -0.39 is 0 Å². The van der Waals surface area contributed by atoms with Crippen LogP contribution in [-0.4, -0.2) is 37.4 Å². The Morgan fingerprint density at radius 1 is 1.31 bits per heavy atom. The molecule has 0 spiro atoms. The van der Waals surface area contributed by atoms with E-state index in [4.69, 9.17) is 5.73 Å². The number of nitrogens with zero attached hydrogens (tertiary/aromatic N) is 1. The van der Waals surface area contributed by atoms with Gasteiger partial charge in [0.25, 0.3) is 0 Å². The van der Waals surface area contributed by atoms with Crippen molar-refractivity contribution in [1.29, 1.82) is 0 Å². The first-order chi connectivity index (χ1) is 7.59. The lowest BCUT2D eigenvalue weighted by molar-refractivity contribution is -0.121. The Morgan fingerprint density at radius 2 is 1.94 bits per heavy atom. The van der Waals surface area contributed by atoms with E-state index in [1.165, 1.54) is 32.1 Å². The van der Waals surface area contributed by atoms with Crippen LogP contribution in [-0.2, 0) is 4.79 Å². The third-order valence-corrected chi connectivity index (χ3v) is 3.53. The Balaban J connectivity index is 2.21. The molecule has 0 aliphatic heterocycles. The Kier molecular flexibility index (Phi) is 5.99. The average Bonchev–Trinajstić information content (AvgIpc) is 2.27. The molecular formula is C13H26N2O. The highest BCUT2D eigenvalue weighted by molar-refractivity contribution is 5.83. The summed E-state index contributed by atoms with van der Waals surface area (Å²) >= 11 is 0. The van der Waals surface area contributed by atoms with E-state index in [1.54, 1.807) is 0 Å². The van der Waals surface area contributed by atoms with E-state index in [9.17, 15) is 4.79 Å². The van der Waals surface area contributed by atoms with Gasteiger partial charge in [-0.3, -0.25) is 4.79 Å². The van der Waals surface area contributed by atoms with Crippen molar-refractivity contribution in [2.75, 3.05) is 20.6 Å². The zero-order valence-electron chi connectivity index (χ0n) is 10.7. The lowest BCUT2D eigenvalue weighted by atomic mass is 9.84. The van der Waals surface area contributed by atoms with Crippen LogP contribution in [0.3, 0.4) is 0 Å². The van der Waals surface area contributed by atoms with Gasteiger partial charge in [0, 0.05) is 13.0 Å². The van der Waals surface area contributed by atoms with Crippen molar-refractivity contribution in [2.24, 2.45) is 11.7 Å². The van der Waals surface area contributed by atoms with Gasteiger partial charge in [0.05, 0.1) is 6.04 Å². The molecule has 2 N–H and O–H groups in total. The number of carbonyl (C=O) groups excluding carboxylic acids is 1. The van der Waals surface area contributed by atoms with Crippen molar-refractivity contribution in [3.8, 4) is 0 Å². The summed E-state index contributed by atoms with van der Waals surface area (Å²) in [6.07, 6.45) is 8.06. The molecule has 0 saturated heterocycles. The molecule has 1 aliphatic rings. The molecule has 0 amide bonds. The Labute approximate surface area is 99.4 Å². The highest BCUT2D eigenvalue weighted by atomic mass is 16.1. The highest BCUT2D eigenvalue weighted by Crippen LogP contribution is 2.27. The molecule has 1 fully saturated rings. The largest absolute Gasteiger partial charge is 0.321 e. The standard InChI is InChI=1S/C13H26N2O/c1-15(2)9-8-13(16)12(14)10-11-6-4-3-5-7-11/h11-12H,3-10,14H2,1-2H3. The van der Waals surface area contributed by atoms with Crippen LogP contribution in [0.5, 0.6) is 0 Å². The van der Waals surface area contributed by atoms with E-state index in [2.05, 4.69) is 0 Å². The molecule has 1 rings (SSSR count). The topological polar surface area (TPSA) is 46.3 Å². The second-order valence-electron chi connectivity index (χ2n) is 5.37. The van der Waals surface area contributed by atoms with Crippen LogP contribution in [0.1, 0.15) is 44.9 Å². The minimum atomic E-state index is -0.219. The van der Waals surface area contributed by atoms with Gasteiger partial charge in [-0.25, -0.2) is 0 Å². The molecule has 1 saturated carbocycles.